The Morgan fingerprint density at radius 3 is 2.38 bits per heavy atom. The molecule has 0 heterocycles. The van der Waals surface area contributed by atoms with Crippen LogP contribution < -0.4 is 0 Å². The van der Waals surface area contributed by atoms with Gasteiger partial charge in [0.25, 0.3) is 0 Å². The van der Waals surface area contributed by atoms with Gasteiger partial charge in [0.2, 0.25) is 0 Å². The lowest BCUT2D eigenvalue weighted by atomic mass is 10.1. The molecule has 0 radical (unpaired) electrons. The summed E-state index contributed by atoms with van der Waals surface area (Å²) in [6.45, 7) is 13.1. The Kier molecular flexibility index (Phi) is 6.97. The van der Waals surface area contributed by atoms with E-state index >= 15 is 0 Å². The Morgan fingerprint density at radius 2 is 1.92 bits per heavy atom. The van der Waals surface area contributed by atoms with E-state index in [0.717, 1.165) is 0 Å². The van der Waals surface area contributed by atoms with Crippen molar-refractivity contribution in [3.8, 4) is 0 Å². The van der Waals surface area contributed by atoms with Crippen molar-refractivity contribution in [1.29, 1.82) is 0 Å². The second-order valence-corrected chi connectivity index (χ2v) is 7.69. The lowest BCUT2D eigenvalue weighted by Crippen LogP contribution is -1.98. The molecule has 0 atom stereocenters. The molecule has 0 N–H and O–H groups in total. The maximum absolute atomic E-state index is 3.91. The molecule has 0 rings (SSSR count). The SMILES string of the molecule is C=C(C)CCCC=C(C)C[SiH](C)C. The Morgan fingerprint density at radius 1 is 1.31 bits per heavy atom. The van der Waals surface area contributed by atoms with Crippen LogP contribution in [-0.4, -0.2) is 8.80 Å². The maximum atomic E-state index is 3.91. The van der Waals surface area contributed by atoms with Crippen LogP contribution in [0.25, 0.3) is 0 Å². The normalized spacial score (nSPS) is 12.2. The van der Waals surface area contributed by atoms with Crippen molar-refractivity contribution in [2.75, 3.05) is 0 Å². The first-order chi connectivity index (χ1) is 6.02. The number of rotatable bonds is 6. The van der Waals surface area contributed by atoms with E-state index in [0.29, 0.717) is 0 Å². The Bertz CT molecular complexity index is 178. The van der Waals surface area contributed by atoms with Crippen LogP contribution in [0.5, 0.6) is 0 Å². The second-order valence-electron chi connectivity index (χ2n) is 4.50. The quantitative estimate of drug-likeness (QED) is 0.340. The first-order valence-corrected chi connectivity index (χ1v) is 8.45. The number of allylic oxidation sites excluding steroid dienone is 3. The first-order valence-electron chi connectivity index (χ1n) is 5.32. The predicted molar refractivity (Wildman–Crippen MR) is 66.1 cm³/mol. The Labute approximate surface area is 85.4 Å². The molecule has 0 amide bonds. The molecule has 0 aliphatic heterocycles. The van der Waals surface area contributed by atoms with E-state index in [-0.39, 0.29) is 8.80 Å². The summed E-state index contributed by atoms with van der Waals surface area (Å²) in [5, 5.41) is 0. The third-order valence-electron chi connectivity index (χ3n) is 2.03. The van der Waals surface area contributed by atoms with Crippen LogP contribution in [0.4, 0.5) is 0 Å². The molecule has 0 nitrogen and oxygen atoms in total. The molecule has 0 saturated heterocycles. The van der Waals surface area contributed by atoms with Crippen LogP contribution in [0.1, 0.15) is 33.1 Å². The molecule has 76 valence electrons. The van der Waals surface area contributed by atoms with Crippen LogP contribution in [0.3, 0.4) is 0 Å². The maximum Gasteiger partial charge on any atom is 0.0348 e. The summed E-state index contributed by atoms with van der Waals surface area (Å²) in [4.78, 5) is 0. The summed E-state index contributed by atoms with van der Waals surface area (Å²) in [5.41, 5.74) is 2.91. The predicted octanol–water partition coefficient (Wildman–Crippen LogP) is 4.17. The van der Waals surface area contributed by atoms with E-state index in [1.807, 2.05) is 0 Å². The zero-order chi connectivity index (χ0) is 10.3. The Balaban J connectivity index is 3.53. The highest BCUT2D eigenvalue weighted by molar-refractivity contribution is 6.56. The molecule has 0 aliphatic rings. The zero-order valence-electron chi connectivity index (χ0n) is 9.69. The van der Waals surface area contributed by atoms with E-state index in [9.17, 15) is 0 Å². The van der Waals surface area contributed by atoms with E-state index in [2.05, 4.69) is 39.6 Å². The van der Waals surface area contributed by atoms with E-state index in [1.165, 1.54) is 30.9 Å². The lowest BCUT2D eigenvalue weighted by molar-refractivity contribution is 0.830. The standard InChI is InChI=1S/C12H24Si/c1-11(2)8-6-7-9-12(3)10-13(4)5/h9,13H,1,6-8,10H2,2-5H3. The van der Waals surface area contributed by atoms with Crippen molar-refractivity contribution >= 4 is 8.80 Å². The van der Waals surface area contributed by atoms with Crippen LogP contribution in [0.2, 0.25) is 19.1 Å². The molecule has 0 fully saturated rings. The van der Waals surface area contributed by atoms with Crippen molar-refractivity contribution in [3.63, 3.8) is 0 Å². The highest BCUT2D eigenvalue weighted by atomic mass is 28.3. The van der Waals surface area contributed by atoms with Gasteiger partial charge in [0.05, 0.1) is 0 Å². The van der Waals surface area contributed by atoms with Crippen LogP contribution in [-0.2, 0) is 0 Å². The van der Waals surface area contributed by atoms with Crippen molar-refractivity contribution in [1.82, 2.24) is 0 Å². The van der Waals surface area contributed by atoms with Crippen LogP contribution in [0, 0.1) is 0 Å². The third kappa shape index (κ3) is 9.61. The summed E-state index contributed by atoms with van der Waals surface area (Å²) in [6.07, 6.45) is 6.10. The summed E-state index contributed by atoms with van der Waals surface area (Å²) >= 11 is 0. The fourth-order valence-electron chi connectivity index (χ4n) is 1.48. The molecular formula is C12H24Si. The van der Waals surface area contributed by atoms with Gasteiger partial charge in [0, 0.05) is 8.80 Å². The van der Waals surface area contributed by atoms with Crippen molar-refractivity contribution in [2.24, 2.45) is 0 Å². The van der Waals surface area contributed by atoms with Crippen molar-refractivity contribution < 1.29 is 0 Å². The van der Waals surface area contributed by atoms with Crippen molar-refractivity contribution in [2.45, 2.75) is 52.2 Å². The minimum Gasteiger partial charge on any atom is -0.100 e. The molecule has 0 unspecified atom stereocenters. The highest BCUT2D eigenvalue weighted by Crippen LogP contribution is 2.10. The monoisotopic (exact) mass is 196 g/mol. The smallest absolute Gasteiger partial charge is 0.0348 e. The minimum absolute atomic E-state index is 0.386. The number of hydrogen-bond acceptors (Lipinski definition) is 0. The first kappa shape index (κ1) is 12.7. The van der Waals surface area contributed by atoms with Gasteiger partial charge < -0.3 is 0 Å². The molecule has 0 bridgehead atoms. The fourth-order valence-corrected chi connectivity index (χ4v) is 2.93. The summed E-state index contributed by atoms with van der Waals surface area (Å²) in [6, 6.07) is 1.38. The lowest BCUT2D eigenvalue weighted by Gasteiger charge is -2.03. The van der Waals surface area contributed by atoms with Gasteiger partial charge in [0.15, 0.2) is 0 Å². The molecule has 0 aromatic heterocycles. The number of hydrogen-bond donors (Lipinski definition) is 0. The van der Waals surface area contributed by atoms with E-state index in [4.69, 9.17) is 0 Å². The van der Waals surface area contributed by atoms with Gasteiger partial charge in [-0.2, -0.15) is 0 Å². The van der Waals surface area contributed by atoms with Gasteiger partial charge in [-0.3, -0.25) is 0 Å². The van der Waals surface area contributed by atoms with Gasteiger partial charge in [-0.1, -0.05) is 30.3 Å². The second kappa shape index (κ2) is 7.13. The average Bonchev–Trinajstić information content (AvgIpc) is 1.96. The van der Waals surface area contributed by atoms with Crippen LogP contribution in [0.15, 0.2) is 23.8 Å². The molecule has 0 aromatic rings. The largest absolute Gasteiger partial charge is 0.100 e. The summed E-state index contributed by atoms with van der Waals surface area (Å²) in [7, 11) is -0.386. The van der Waals surface area contributed by atoms with Gasteiger partial charge in [-0.05, 0) is 39.2 Å². The van der Waals surface area contributed by atoms with Gasteiger partial charge in [-0.25, -0.2) is 0 Å². The van der Waals surface area contributed by atoms with Gasteiger partial charge >= 0.3 is 0 Å². The molecule has 0 spiro atoms. The minimum atomic E-state index is -0.386. The summed E-state index contributed by atoms with van der Waals surface area (Å²) < 4.78 is 0. The Hall–Kier alpha value is -0.303. The van der Waals surface area contributed by atoms with E-state index in [1.54, 1.807) is 5.57 Å². The fraction of sp³-hybridized carbons (Fsp3) is 0.667. The third-order valence-corrected chi connectivity index (χ3v) is 3.49. The van der Waals surface area contributed by atoms with Crippen LogP contribution >= 0.6 is 0 Å². The summed E-state index contributed by atoms with van der Waals surface area (Å²) in [5.74, 6) is 0. The van der Waals surface area contributed by atoms with Crippen molar-refractivity contribution in [3.05, 3.63) is 23.8 Å². The molecule has 1 heteroatoms. The highest BCUT2D eigenvalue weighted by Gasteiger charge is 1.96. The van der Waals surface area contributed by atoms with E-state index < -0.39 is 0 Å². The molecular weight excluding hydrogens is 172 g/mol. The molecule has 13 heavy (non-hydrogen) atoms. The van der Waals surface area contributed by atoms with Gasteiger partial charge in [-0.15, -0.1) is 6.58 Å². The topological polar surface area (TPSA) is 0 Å². The molecule has 0 aliphatic carbocycles. The van der Waals surface area contributed by atoms with Gasteiger partial charge in [0.1, 0.15) is 0 Å². The number of unbranched alkanes of at least 4 members (excludes halogenated alkanes) is 1. The average molecular weight is 196 g/mol. The zero-order valence-corrected chi connectivity index (χ0v) is 10.8. The molecule has 0 aromatic carbocycles. The molecule has 0 saturated carbocycles.